The monoisotopic (exact) mass is 461 g/mol. The summed E-state index contributed by atoms with van der Waals surface area (Å²) in [4.78, 5) is 17.0. The van der Waals surface area contributed by atoms with Crippen LogP contribution in [0.2, 0.25) is 0 Å². The minimum Gasteiger partial charge on any atom is -0.302 e. The Morgan fingerprint density at radius 2 is 1.94 bits per heavy atom. The number of carbonyl (C=O) groups excluding carboxylic acids is 1. The van der Waals surface area contributed by atoms with Gasteiger partial charge in [-0.3, -0.25) is 4.79 Å². The van der Waals surface area contributed by atoms with Gasteiger partial charge in [0.1, 0.15) is 5.82 Å². The molecule has 1 N–H and O–H groups in total. The molecule has 2 aromatic carbocycles. The number of rotatable bonds is 9. The first kappa shape index (κ1) is 22.0. The van der Waals surface area contributed by atoms with Gasteiger partial charge in [0.25, 0.3) is 0 Å². The molecule has 0 aliphatic rings. The molecule has 0 unspecified atom stereocenters. The number of thioether (sulfide) groups is 1. The van der Waals surface area contributed by atoms with Crippen LogP contribution in [0.15, 0.2) is 77.8 Å². The van der Waals surface area contributed by atoms with Crippen molar-refractivity contribution in [3.63, 3.8) is 0 Å². The van der Waals surface area contributed by atoms with E-state index in [2.05, 4.69) is 58.3 Å². The second kappa shape index (κ2) is 10.4. The highest BCUT2D eigenvalue weighted by Crippen LogP contribution is 2.26. The van der Waals surface area contributed by atoms with E-state index in [9.17, 15) is 4.79 Å². The number of hydrogen-bond donors (Lipinski definition) is 1. The Morgan fingerprint density at radius 1 is 1.16 bits per heavy atom. The van der Waals surface area contributed by atoms with E-state index in [0.29, 0.717) is 23.3 Å². The number of thiazole rings is 1. The zero-order valence-electron chi connectivity index (χ0n) is 17.7. The van der Waals surface area contributed by atoms with Crippen molar-refractivity contribution in [2.24, 2.45) is 0 Å². The summed E-state index contributed by atoms with van der Waals surface area (Å²) in [5.41, 5.74) is 4.25. The first-order valence-electron chi connectivity index (χ1n) is 10.1. The lowest BCUT2D eigenvalue weighted by atomic mass is 10.1. The second-order valence-electron chi connectivity index (χ2n) is 7.20. The Labute approximate surface area is 195 Å². The van der Waals surface area contributed by atoms with Crippen LogP contribution in [0.4, 0.5) is 5.13 Å². The van der Waals surface area contributed by atoms with Gasteiger partial charge in [-0.25, -0.2) is 4.98 Å². The smallest absolute Gasteiger partial charge is 0.236 e. The molecule has 0 saturated heterocycles. The van der Waals surface area contributed by atoms with Crippen molar-refractivity contribution in [2.45, 2.75) is 25.0 Å². The molecule has 32 heavy (non-hydrogen) atoms. The van der Waals surface area contributed by atoms with Crippen molar-refractivity contribution in [1.29, 1.82) is 0 Å². The molecule has 162 valence electrons. The van der Waals surface area contributed by atoms with Crippen LogP contribution in [-0.2, 0) is 17.8 Å². The van der Waals surface area contributed by atoms with E-state index in [4.69, 9.17) is 0 Å². The van der Waals surface area contributed by atoms with E-state index < -0.39 is 0 Å². The van der Waals surface area contributed by atoms with Gasteiger partial charge < -0.3 is 9.88 Å². The lowest BCUT2D eigenvalue weighted by molar-refractivity contribution is -0.113. The summed E-state index contributed by atoms with van der Waals surface area (Å²) in [5, 5.41) is 14.7. The van der Waals surface area contributed by atoms with Crippen LogP contribution >= 0.6 is 23.1 Å². The van der Waals surface area contributed by atoms with Crippen molar-refractivity contribution in [2.75, 3.05) is 11.1 Å². The number of aromatic nitrogens is 4. The molecule has 0 radical (unpaired) electrons. The van der Waals surface area contributed by atoms with Crippen LogP contribution in [0, 0.1) is 6.92 Å². The largest absolute Gasteiger partial charge is 0.302 e. The molecule has 0 aliphatic heterocycles. The van der Waals surface area contributed by atoms with Crippen molar-refractivity contribution in [3.8, 4) is 11.3 Å². The average molecular weight is 462 g/mol. The summed E-state index contributed by atoms with van der Waals surface area (Å²) in [6.07, 6.45) is 2.49. The SMILES string of the molecule is C=CCn1c(Cc2ccccc2)nnc1SCC(=O)Nc1nc(-c2ccc(C)cc2)cs1. The lowest BCUT2D eigenvalue weighted by Crippen LogP contribution is -2.14. The standard InChI is InChI=1S/C24H23N5OS2/c1-3-13-29-21(14-18-7-5-4-6-8-18)27-28-24(29)32-16-22(30)26-23-25-20(15-31-23)19-11-9-17(2)10-12-19/h3-12,15H,1,13-14,16H2,2H3,(H,25,26,30). The van der Waals surface area contributed by atoms with E-state index in [1.807, 2.05) is 46.4 Å². The molecule has 0 aliphatic carbocycles. The molecule has 4 aromatic rings. The fourth-order valence-electron chi connectivity index (χ4n) is 3.12. The zero-order chi connectivity index (χ0) is 22.3. The number of amides is 1. The van der Waals surface area contributed by atoms with Gasteiger partial charge in [0.2, 0.25) is 5.91 Å². The highest BCUT2D eigenvalue weighted by atomic mass is 32.2. The van der Waals surface area contributed by atoms with Gasteiger partial charge in [0, 0.05) is 23.9 Å². The van der Waals surface area contributed by atoms with E-state index in [-0.39, 0.29) is 11.7 Å². The molecular weight excluding hydrogens is 438 g/mol. The fraction of sp³-hybridized carbons (Fsp3) is 0.167. The summed E-state index contributed by atoms with van der Waals surface area (Å²) in [7, 11) is 0. The molecule has 0 fully saturated rings. The van der Waals surface area contributed by atoms with Gasteiger partial charge in [-0.15, -0.1) is 28.1 Å². The maximum Gasteiger partial charge on any atom is 0.236 e. The number of allylic oxidation sites excluding steroid dienone is 1. The maximum absolute atomic E-state index is 12.5. The Kier molecular flexibility index (Phi) is 7.14. The summed E-state index contributed by atoms with van der Waals surface area (Å²) in [6.45, 7) is 6.48. The Balaban J connectivity index is 1.37. The molecule has 0 saturated carbocycles. The Hall–Kier alpha value is -3.23. The maximum atomic E-state index is 12.5. The summed E-state index contributed by atoms with van der Waals surface area (Å²) < 4.78 is 2.00. The van der Waals surface area contributed by atoms with Gasteiger partial charge in [-0.05, 0) is 12.5 Å². The van der Waals surface area contributed by atoms with Crippen LogP contribution in [0.5, 0.6) is 0 Å². The van der Waals surface area contributed by atoms with Crippen molar-refractivity contribution in [3.05, 3.63) is 89.6 Å². The van der Waals surface area contributed by atoms with Crippen molar-refractivity contribution in [1.82, 2.24) is 19.7 Å². The third-order valence-electron chi connectivity index (χ3n) is 4.74. The van der Waals surface area contributed by atoms with E-state index >= 15 is 0 Å². The van der Waals surface area contributed by atoms with E-state index in [1.54, 1.807) is 0 Å². The van der Waals surface area contributed by atoms with Gasteiger partial charge in [-0.2, -0.15) is 0 Å². The van der Waals surface area contributed by atoms with Crippen LogP contribution in [0.3, 0.4) is 0 Å². The quantitative estimate of drug-likeness (QED) is 0.273. The zero-order valence-corrected chi connectivity index (χ0v) is 19.3. The van der Waals surface area contributed by atoms with Gasteiger partial charge in [0.05, 0.1) is 11.4 Å². The van der Waals surface area contributed by atoms with E-state index in [1.165, 1.54) is 28.7 Å². The third-order valence-corrected chi connectivity index (χ3v) is 6.46. The average Bonchev–Trinajstić information content (AvgIpc) is 3.41. The summed E-state index contributed by atoms with van der Waals surface area (Å²) >= 11 is 2.77. The minimum atomic E-state index is -0.127. The predicted octanol–water partition coefficient (Wildman–Crippen LogP) is 5.22. The van der Waals surface area contributed by atoms with Crippen molar-refractivity contribution >= 4 is 34.1 Å². The molecule has 2 aromatic heterocycles. The predicted molar refractivity (Wildman–Crippen MR) is 131 cm³/mol. The number of anilines is 1. The highest BCUT2D eigenvalue weighted by molar-refractivity contribution is 7.99. The summed E-state index contributed by atoms with van der Waals surface area (Å²) in [5.74, 6) is 0.944. The topological polar surface area (TPSA) is 72.7 Å². The molecule has 4 rings (SSSR count). The van der Waals surface area contributed by atoms with Gasteiger partial charge in [-0.1, -0.05) is 78.0 Å². The summed E-state index contributed by atoms with van der Waals surface area (Å²) in [6, 6.07) is 18.3. The number of carbonyl (C=O) groups is 1. The minimum absolute atomic E-state index is 0.127. The number of hydrogen-bond acceptors (Lipinski definition) is 6. The molecule has 6 nitrogen and oxygen atoms in total. The molecular formula is C24H23N5OS2. The molecule has 0 atom stereocenters. The number of nitrogens with one attached hydrogen (secondary N) is 1. The number of nitrogens with zero attached hydrogens (tertiary/aromatic N) is 4. The van der Waals surface area contributed by atoms with Crippen LogP contribution in [0.25, 0.3) is 11.3 Å². The Morgan fingerprint density at radius 3 is 2.69 bits per heavy atom. The molecule has 0 spiro atoms. The van der Waals surface area contributed by atoms with Gasteiger partial charge in [0.15, 0.2) is 10.3 Å². The fourth-order valence-corrected chi connectivity index (χ4v) is 4.62. The number of aryl methyl sites for hydroxylation is 1. The number of benzene rings is 2. The second-order valence-corrected chi connectivity index (χ2v) is 9.00. The Bertz CT molecular complexity index is 1200. The highest BCUT2D eigenvalue weighted by Gasteiger charge is 2.15. The van der Waals surface area contributed by atoms with Crippen molar-refractivity contribution < 1.29 is 4.79 Å². The van der Waals surface area contributed by atoms with Crippen LogP contribution < -0.4 is 5.32 Å². The van der Waals surface area contributed by atoms with Crippen LogP contribution in [-0.4, -0.2) is 31.4 Å². The van der Waals surface area contributed by atoms with Gasteiger partial charge >= 0.3 is 0 Å². The lowest BCUT2D eigenvalue weighted by Gasteiger charge is -2.07. The third kappa shape index (κ3) is 5.52. The molecule has 8 heteroatoms. The van der Waals surface area contributed by atoms with Crippen LogP contribution in [0.1, 0.15) is 17.0 Å². The molecule has 2 heterocycles. The van der Waals surface area contributed by atoms with E-state index in [0.717, 1.165) is 22.6 Å². The molecule has 1 amide bonds. The first-order valence-corrected chi connectivity index (χ1v) is 12.0. The molecule has 0 bridgehead atoms. The first-order chi connectivity index (χ1) is 15.6. The normalized spacial score (nSPS) is 10.8.